The van der Waals surface area contributed by atoms with Crippen LogP contribution in [0.3, 0.4) is 0 Å². The first-order valence-corrected chi connectivity index (χ1v) is 23.3. The molecule has 4 heterocycles. The van der Waals surface area contributed by atoms with Crippen LogP contribution in [-0.2, 0) is 63.9 Å². The van der Waals surface area contributed by atoms with Crippen molar-refractivity contribution in [1.82, 2.24) is 45.6 Å². The second-order valence-corrected chi connectivity index (χ2v) is 15.8. The Labute approximate surface area is 383 Å². The number of thioether (sulfide) groups is 1. The van der Waals surface area contributed by atoms with E-state index in [0.717, 1.165) is 34.1 Å². The first kappa shape index (κ1) is 54.0. The second kappa shape index (κ2) is 34.7. The summed E-state index contributed by atoms with van der Waals surface area (Å²) in [7, 11) is 1.46. The largest absolute Gasteiger partial charge is 0.377 e. The molecule has 3 atom stereocenters. The fourth-order valence-corrected chi connectivity index (χ4v) is 7.83. The molecular formula is C40H69N9O15S. The number of ether oxygens (including phenoxy) is 11. The Kier molecular flexibility index (Phi) is 28.8. The minimum Gasteiger partial charge on any atom is -0.377 e. The molecule has 0 radical (unpaired) electrons. The highest BCUT2D eigenvalue weighted by Crippen LogP contribution is 2.33. The molecule has 65 heavy (non-hydrogen) atoms. The summed E-state index contributed by atoms with van der Waals surface area (Å²) in [6.45, 7) is 10.4. The Morgan fingerprint density at radius 2 is 1.09 bits per heavy atom. The van der Waals surface area contributed by atoms with Gasteiger partial charge in [0.2, 0.25) is 5.91 Å². The van der Waals surface area contributed by atoms with Crippen molar-refractivity contribution in [2.24, 2.45) is 7.05 Å². The number of hydrogen-bond donors (Lipinski definition) is 4. The molecule has 4 rings (SSSR count). The van der Waals surface area contributed by atoms with E-state index in [9.17, 15) is 19.2 Å². The molecule has 4 N–H and O–H groups in total. The van der Waals surface area contributed by atoms with Crippen LogP contribution in [0.4, 0.5) is 4.79 Å². The zero-order valence-electron chi connectivity index (χ0n) is 37.6. The summed E-state index contributed by atoms with van der Waals surface area (Å²) in [5.41, 5.74) is -0.340. The van der Waals surface area contributed by atoms with Gasteiger partial charge in [0.1, 0.15) is 6.33 Å². The van der Waals surface area contributed by atoms with Gasteiger partial charge in [-0.2, -0.15) is 16.4 Å². The van der Waals surface area contributed by atoms with Crippen LogP contribution in [0, 0.1) is 0 Å². The van der Waals surface area contributed by atoms with Crippen LogP contribution in [0.25, 0.3) is 5.65 Å². The van der Waals surface area contributed by atoms with Crippen LogP contribution >= 0.6 is 11.8 Å². The summed E-state index contributed by atoms with van der Waals surface area (Å²) >= 11 is 1.90. The lowest BCUT2D eigenvalue weighted by atomic mass is 10.0. The van der Waals surface area contributed by atoms with Gasteiger partial charge in [-0.25, -0.2) is 19.0 Å². The van der Waals surface area contributed by atoms with Gasteiger partial charge in [0.05, 0.1) is 157 Å². The van der Waals surface area contributed by atoms with E-state index in [1.165, 1.54) is 13.4 Å². The monoisotopic (exact) mass is 947 g/mol. The van der Waals surface area contributed by atoms with Crippen molar-refractivity contribution >= 4 is 35.3 Å². The Bertz CT molecular complexity index is 1660. The highest BCUT2D eigenvalue weighted by molar-refractivity contribution is 8.00. The third kappa shape index (κ3) is 23.1. The Balaban J connectivity index is 0.747. The summed E-state index contributed by atoms with van der Waals surface area (Å²) in [6, 6.07) is 0.386. The summed E-state index contributed by atoms with van der Waals surface area (Å²) < 4.78 is 62.6. The number of carbonyl (C=O) groups excluding carboxylic acids is 3. The van der Waals surface area contributed by atoms with Crippen LogP contribution in [-0.4, -0.2) is 224 Å². The molecule has 2 aromatic rings. The van der Waals surface area contributed by atoms with Gasteiger partial charge in [-0.05, 0) is 12.8 Å². The Hall–Kier alpha value is -3.60. The molecule has 2 aliphatic heterocycles. The van der Waals surface area contributed by atoms with Gasteiger partial charge in [0.25, 0.3) is 5.91 Å². The normalized spacial score (nSPS) is 16.8. The molecule has 0 bridgehead atoms. The number of hydrogen-bond acceptors (Lipinski definition) is 19. The quantitative estimate of drug-likeness (QED) is 0.0439. The minimum atomic E-state index is -0.473. The molecule has 2 saturated heterocycles. The van der Waals surface area contributed by atoms with E-state index in [1.807, 2.05) is 11.8 Å². The molecule has 2 aromatic heterocycles. The van der Waals surface area contributed by atoms with E-state index in [-0.39, 0.29) is 48.5 Å². The van der Waals surface area contributed by atoms with Crippen LogP contribution in [0.2, 0.25) is 0 Å². The van der Waals surface area contributed by atoms with Gasteiger partial charge in [-0.15, -0.1) is 5.10 Å². The maximum absolute atomic E-state index is 12.3. The van der Waals surface area contributed by atoms with Crippen molar-refractivity contribution in [2.45, 2.75) is 43.0 Å². The van der Waals surface area contributed by atoms with Crippen molar-refractivity contribution in [3.8, 4) is 0 Å². The number of fused-ring (bicyclic) bond motifs is 2. The number of aromatic nitrogens is 5. The Morgan fingerprint density at radius 1 is 0.646 bits per heavy atom. The van der Waals surface area contributed by atoms with E-state index in [1.54, 1.807) is 0 Å². The smallest absolute Gasteiger partial charge is 0.352 e. The average Bonchev–Trinajstić information content (AvgIpc) is 4.02. The first-order chi connectivity index (χ1) is 31.9. The minimum absolute atomic E-state index is 0.0183. The molecule has 0 spiro atoms. The van der Waals surface area contributed by atoms with Crippen LogP contribution in [0.5, 0.6) is 0 Å². The highest BCUT2D eigenvalue weighted by atomic mass is 32.2. The number of unbranched alkanes of at least 4 members (excludes halogenated alkanes) is 1. The molecule has 0 aliphatic carbocycles. The third-order valence-corrected chi connectivity index (χ3v) is 11.1. The average molecular weight is 948 g/mol. The number of amides is 4. The fourth-order valence-electron chi connectivity index (χ4n) is 6.29. The van der Waals surface area contributed by atoms with E-state index < -0.39 is 11.6 Å². The first-order valence-electron chi connectivity index (χ1n) is 22.3. The molecule has 25 heteroatoms. The van der Waals surface area contributed by atoms with E-state index in [2.05, 4.69) is 36.6 Å². The molecule has 370 valence electrons. The summed E-state index contributed by atoms with van der Waals surface area (Å²) in [4.78, 5) is 51.8. The van der Waals surface area contributed by atoms with Crippen molar-refractivity contribution in [2.75, 3.05) is 164 Å². The SMILES string of the molecule is Cn1nnc2c(C(=O)NCCOCCOCCOCCOCCOCCOCCOCCOCCOCCOCCOCCNC(=O)CCCC[C@@H]3SC[C@@H]4NC(=O)N[C@@H]43)ncn2c1=O. The van der Waals surface area contributed by atoms with Gasteiger partial charge < -0.3 is 73.4 Å². The number of imidazole rings is 1. The molecule has 4 amide bonds. The second-order valence-electron chi connectivity index (χ2n) is 14.5. The van der Waals surface area contributed by atoms with Crippen molar-refractivity contribution < 1.29 is 66.5 Å². The van der Waals surface area contributed by atoms with E-state index in [4.69, 9.17) is 52.1 Å². The van der Waals surface area contributed by atoms with E-state index in [0.29, 0.717) is 157 Å². The predicted octanol–water partition coefficient (Wildman–Crippen LogP) is -1.42. The highest BCUT2D eigenvalue weighted by Gasteiger charge is 2.42. The maximum atomic E-state index is 12.3. The number of rotatable bonds is 42. The lowest BCUT2D eigenvalue weighted by Crippen LogP contribution is -2.36. The molecule has 0 unspecified atom stereocenters. The van der Waals surface area contributed by atoms with Crippen molar-refractivity contribution in [3.05, 3.63) is 22.5 Å². The van der Waals surface area contributed by atoms with Crippen LogP contribution in [0.15, 0.2) is 11.1 Å². The van der Waals surface area contributed by atoms with Gasteiger partial charge in [0, 0.05) is 37.6 Å². The fraction of sp³-hybridized carbons (Fsp3) is 0.825. The molecule has 24 nitrogen and oxygen atoms in total. The molecule has 2 fully saturated rings. The van der Waals surface area contributed by atoms with E-state index >= 15 is 0 Å². The molecule has 0 aromatic carbocycles. The van der Waals surface area contributed by atoms with Crippen molar-refractivity contribution in [1.29, 1.82) is 0 Å². The number of carbonyl (C=O) groups is 3. The zero-order chi connectivity index (χ0) is 46.0. The number of nitrogens with zero attached hydrogens (tertiary/aromatic N) is 5. The van der Waals surface area contributed by atoms with Gasteiger partial charge in [-0.1, -0.05) is 11.6 Å². The summed E-state index contributed by atoms with van der Waals surface area (Å²) in [6.07, 6.45) is 4.54. The van der Waals surface area contributed by atoms with Crippen molar-refractivity contribution in [3.63, 3.8) is 0 Å². The predicted molar refractivity (Wildman–Crippen MR) is 234 cm³/mol. The third-order valence-electron chi connectivity index (χ3n) is 9.62. The topological polar surface area (TPSA) is 266 Å². The molecule has 2 aliphatic rings. The zero-order valence-corrected chi connectivity index (χ0v) is 38.4. The molecular weight excluding hydrogens is 879 g/mol. The van der Waals surface area contributed by atoms with Gasteiger partial charge in [0.15, 0.2) is 11.3 Å². The number of nitrogens with one attached hydrogen (secondary N) is 4. The van der Waals surface area contributed by atoms with Gasteiger partial charge >= 0.3 is 11.7 Å². The number of urea groups is 1. The lowest BCUT2D eigenvalue weighted by molar-refractivity contribution is -0.121. The Morgan fingerprint density at radius 3 is 1.57 bits per heavy atom. The van der Waals surface area contributed by atoms with Crippen LogP contribution in [0.1, 0.15) is 36.2 Å². The molecule has 0 saturated carbocycles. The summed E-state index contributed by atoms with van der Waals surface area (Å²) in [5.74, 6) is 0.515. The number of aryl methyl sites for hydroxylation is 1. The van der Waals surface area contributed by atoms with Gasteiger partial charge in [-0.3, -0.25) is 9.59 Å². The summed E-state index contributed by atoms with van der Waals surface area (Å²) in [5, 5.41) is 19.5. The van der Waals surface area contributed by atoms with Crippen LogP contribution < -0.4 is 27.0 Å². The lowest BCUT2D eigenvalue weighted by Gasteiger charge is -2.16. The maximum Gasteiger partial charge on any atom is 0.352 e. The standard InChI is InChI=1S/C40H69N9O15S/c1-48-40(53)49-31-43-36(37(49)46-47-48)38(51)42-7-9-55-11-13-57-15-17-59-19-21-61-23-25-63-27-29-64-28-26-62-24-22-60-20-18-58-16-14-56-12-10-54-8-6-41-34(50)5-3-2-4-33-35-32(30-65-33)44-39(52)45-35/h31-33,35H,2-30H2,1H3,(H,41,50)(H,42,51)(H2,44,45,52)/t32-,33-,35-/m0/s1.